The highest BCUT2D eigenvalue weighted by Crippen LogP contribution is 2.20. The molecule has 3 rings (SSSR count). The van der Waals surface area contributed by atoms with E-state index in [0.29, 0.717) is 28.5 Å². The van der Waals surface area contributed by atoms with Crippen LogP contribution in [0.3, 0.4) is 0 Å². The number of benzene rings is 3. The van der Waals surface area contributed by atoms with Crippen LogP contribution in [0.25, 0.3) is 6.08 Å². The van der Waals surface area contributed by atoms with Gasteiger partial charge in [-0.25, -0.2) is 4.79 Å². The minimum absolute atomic E-state index is 0.160. The van der Waals surface area contributed by atoms with Gasteiger partial charge in [0.05, 0.1) is 12.2 Å². The third kappa shape index (κ3) is 5.56. The molecule has 0 aliphatic rings. The first-order valence-electron chi connectivity index (χ1n) is 9.09. The summed E-state index contributed by atoms with van der Waals surface area (Å²) in [7, 11) is 0. The predicted octanol–water partition coefficient (Wildman–Crippen LogP) is 5.85. The lowest BCUT2D eigenvalue weighted by Gasteiger charge is -2.06. The van der Waals surface area contributed by atoms with Gasteiger partial charge in [0.2, 0.25) is 0 Å². The Hall–Kier alpha value is -3.37. The number of esters is 1. The lowest BCUT2D eigenvalue weighted by Crippen LogP contribution is -2.08. The van der Waals surface area contributed by atoms with Crippen LogP contribution in [0.4, 0.5) is 0 Å². The number of rotatable bonds is 7. The number of allylic oxidation sites excluding steroid dienone is 1. The largest absolute Gasteiger partial charge is 0.493 e. The summed E-state index contributed by atoms with van der Waals surface area (Å²) in [5.41, 5.74) is 1.71. The van der Waals surface area contributed by atoms with E-state index in [-0.39, 0.29) is 5.78 Å². The minimum Gasteiger partial charge on any atom is -0.493 e. The maximum atomic E-state index is 12.4. The molecule has 3 aromatic rings. The Morgan fingerprint density at radius 2 is 1.55 bits per heavy atom. The fourth-order valence-corrected chi connectivity index (χ4v) is 2.73. The highest BCUT2D eigenvalue weighted by atomic mass is 35.5. The smallest absolute Gasteiger partial charge is 0.343 e. The number of para-hydroxylation sites is 1. The van der Waals surface area contributed by atoms with E-state index in [1.54, 1.807) is 54.6 Å². The Labute approximate surface area is 174 Å². The van der Waals surface area contributed by atoms with Gasteiger partial charge >= 0.3 is 5.97 Å². The normalized spacial score (nSPS) is 10.7. The van der Waals surface area contributed by atoms with Crippen LogP contribution in [0.5, 0.6) is 11.5 Å². The maximum Gasteiger partial charge on any atom is 0.343 e. The van der Waals surface area contributed by atoms with Gasteiger partial charge in [-0.2, -0.15) is 0 Å². The van der Waals surface area contributed by atoms with Crippen molar-refractivity contribution in [1.29, 1.82) is 0 Å². The van der Waals surface area contributed by atoms with Gasteiger partial charge in [-0.3, -0.25) is 4.79 Å². The van der Waals surface area contributed by atoms with Crippen molar-refractivity contribution >= 4 is 29.4 Å². The van der Waals surface area contributed by atoms with E-state index in [9.17, 15) is 9.59 Å². The molecule has 146 valence electrons. The number of carbonyl (C=O) groups excluding carboxylic acids is 2. The average Bonchev–Trinajstić information content (AvgIpc) is 2.74. The molecule has 0 fully saturated rings. The van der Waals surface area contributed by atoms with Gasteiger partial charge in [0.25, 0.3) is 0 Å². The molecule has 0 atom stereocenters. The standard InChI is InChI=1S/C24H19ClO4/c1-2-28-23-6-4-3-5-18(23)11-16-22(26)17-9-14-21(15-10-17)29-24(27)19-7-12-20(25)13-8-19/h3-16H,2H2,1H3/b16-11+. The van der Waals surface area contributed by atoms with Crippen LogP contribution in [-0.4, -0.2) is 18.4 Å². The zero-order valence-electron chi connectivity index (χ0n) is 15.8. The van der Waals surface area contributed by atoms with E-state index in [4.69, 9.17) is 21.1 Å². The maximum absolute atomic E-state index is 12.4. The fraction of sp³-hybridized carbons (Fsp3) is 0.0833. The quantitative estimate of drug-likeness (QED) is 0.213. The summed E-state index contributed by atoms with van der Waals surface area (Å²) in [6, 6.07) is 20.3. The summed E-state index contributed by atoms with van der Waals surface area (Å²) in [6.07, 6.45) is 3.22. The van der Waals surface area contributed by atoms with Crippen molar-refractivity contribution in [3.8, 4) is 11.5 Å². The predicted molar refractivity (Wildman–Crippen MR) is 114 cm³/mol. The van der Waals surface area contributed by atoms with Gasteiger partial charge in [0, 0.05) is 16.1 Å². The summed E-state index contributed by atoms with van der Waals surface area (Å²) in [6.45, 7) is 2.46. The van der Waals surface area contributed by atoms with Crippen molar-refractivity contribution in [1.82, 2.24) is 0 Å². The van der Waals surface area contributed by atoms with E-state index < -0.39 is 5.97 Å². The number of hydrogen-bond acceptors (Lipinski definition) is 4. The highest BCUT2D eigenvalue weighted by Gasteiger charge is 2.09. The first kappa shape index (κ1) is 20.4. The summed E-state index contributed by atoms with van der Waals surface area (Å²) >= 11 is 5.82. The average molecular weight is 407 g/mol. The summed E-state index contributed by atoms with van der Waals surface area (Å²) in [5, 5.41) is 0.543. The second kappa shape index (κ2) is 9.71. The van der Waals surface area contributed by atoms with Crippen molar-refractivity contribution in [3.63, 3.8) is 0 Å². The molecule has 4 nitrogen and oxygen atoms in total. The lowest BCUT2D eigenvalue weighted by atomic mass is 10.1. The molecule has 0 radical (unpaired) electrons. The molecule has 0 bridgehead atoms. The van der Waals surface area contributed by atoms with E-state index in [1.807, 2.05) is 31.2 Å². The molecule has 5 heteroatoms. The number of halogens is 1. The molecule has 0 saturated heterocycles. The number of ketones is 1. The van der Waals surface area contributed by atoms with Crippen molar-refractivity contribution in [2.24, 2.45) is 0 Å². The van der Waals surface area contributed by atoms with Crippen LogP contribution in [0.1, 0.15) is 33.2 Å². The molecule has 0 unspecified atom stereocenters. The van der Waals surface area contributed by atoms with Gasteiger partial charge in [-0.1, -0.05) is 29.8 Å². The first-order chi connectivity index (χ1) is 14.1. The van der Waals surface area contributed by atoms with E-state index in [1.165, 1.54) is 6.08 Å². The Morgan fingerprint density at radius 1 is 0.897 bits per heavy atom. The van der Waals surface area contributed by atoms with Gasteiger partial charge in [-0.05, 0) is 73.7 Å². The molecule has 29 heavy (non-hydrogen) atoms. The van der Waals surface area contributed by atoms with Crippen LogP contribution in [-0.2, 0) is 0 Å². The van der Waals surface area contributed by atoms with Crippen LogP contribution in [0.2, 0.25) is 5.02 Å². The molecule has 0 aliphatic heterocycles. The topological polar surface area (TPSA) is 52.6 Å². The van der Waals surface area contributed by atoms with Crippen molar-refractivity contribution in [2.75, 3.05) is 6.61 Å². The molecular formula is C24H19ClO4. The third-order valence-electron chi connectivity index (χ3n) is 4.06. The van der Waals surface area contributed by atoms with Crippen molar-refractivity contribution < 1.29 is 19.1 Å². The summed E-state index contributed by atoms with van der Waals surface area (Å²) in [4.78, 5) is 24.6. The lowest BCUT2D eigenvalue weighted by molar-refractivity contribution is 0.0734. The first-order valence-corrected chi connectivity index (χ1v) is 9.46. The van der Waals surface area contributed by atoms with Crippen LogP contribution in [0.15, 0.2) is 78.9 Å². The molecule has 0 aliphatic carbocycles. The van der Waals surface area contributed by atoms with Crippen LogP contribution in [0, 0.1) is 0 Å². The third-order valence-corrected chi connectivity index (χ3v) is 4.31. The summed E-state index contributed by atoms with van der Waals surface area (Å²) < 4.78 is 10.9. The van der Waals surface area contributed by atoms with Gasteiger partial charge in [0.1, 0.15) is 11.5 Å². The van der Waals surface area contributed by atoms with Gasteiger partial charge < -0.3 is 9.47 Å². The Bertz CT molecular complexity index is 1020. The summed E-state index contributed by atoms with van der Waals surface area (Å²) in [5.74, 6) is 0.427. The van der Waals surface area contributed by atoms with Crippen LogP contribution >= 0.6 is 11.6 Å². The number of ether oxygens (including phenoxy) is 2. The highest BCUT2D eigenvalue weighted by molar-refractivity contribution is 6.30. The zero-order chi connectivity index (χ0) is 20.6. The molecule has 0 heterocycles. The molecule has 0 amide bonds. The Kier molecular flexibility index (Phi) is 6.82. The Balaban J connectivity index is 1.66. The van der Waals surface area contributed by atoms with Gasteiger partial charge in [-0.15, -0.1) is 0 Å². The SMILES string of the molecule is CCOc1ccccc1/C=C/C(=O)c1ccc(OC(=O)c2ccc(Cl)cc2)cc1. The van der Waals surface area contributed by atoms with Crippen molar-refractivity contribution in [3.05, 3.63) is 101 Å². The molecule has 0 saturated carbocycles. The minimum atomic E-state index is -0.492. The molecule has 3 aromatic carbocycles. The Morgan fingerprint density at radius 3 is 2.24 bits per heavy atom. The second-order valence-corrected chi connectivity index (χ2v) is 6.53. The molecule has 0 spiro atoms. The molecule has 0 N–H and O–H groups in total. The van der Waals surface area contributed by atoms with E-state index >= 15 is 0 Å². The van der Waals surface area contributed by atoms with Crippen molar-refractivity contribution in [2.45, 2.75) is 6.92 Å². The zero-order valence-corrected chi connectivity index (χ0v) is 16.6. The number of hydrogen-bond donors (Lipinski definition) is 0. The van der Waals surface area contributed by atoms with Crippen LogP contribution < -0.4 is 9.47 Å². The number of carbonyl (C=O) groups is 2. The molecular weight excluding hydrogens is 388 g/mol. The second-order valence-electron chi connectivity index (χ2n) is 6.09. The fourth-order valence-electron chi connectivity index (χ4n) is 2.61. The van der Waals surface area contributed by atoms with Gasteiger partial charge in [0.15, 0.2) is 5.78 Å². The molecule has 0 aromatic heterocycles. The monoisotopic (exact) mass is 406 g/mol. The van der Waals surface area contributed by atoms with E-state index in [0.717, 1.165) is 11.3 Å². The van der Waals surface area contributed by atoms with E-state index in [2.05, 4.69) is 0 Å².